The summed E-state index contributed by atoms with van der Waals surface area (Å²) in [6.07, 6.45) is -4.02. The fraction of sp³-hybridized carbons (Fsp3) is 0.621. The van der Waals surface area contributed by atoms with Gasteiger partial charge in [0.15, 0.2) is 0 Å². The van der Waals surface area contributed by atoms with Gasteiger partial charge in [-0.2, -0.15) is 13.2 Å². The van der Waals surface area contributed by atoms with Gasteiger partial charge in [0.1, 0.15) is 11.6 Å². The molecule has 3 unspecified atom stereocenters. The van der Waals surface area contributed by atoms with E-state index in [0.717, 1.165) is 0 Å². The molecule has 4 N–H and O–H groups in total. The molecule has 1 heterocycles. The summed E-state index contributed by atoms with van der Waals surface area (Å²) < 4.78 is 42.4. The van der Waals surface area contributed by atoms with Crippen LogP contribution in [0.15, 0.2) is 18.2 Å². The molecule has 5 amide bonds. The lowest BCUT2D eigenvalue weighted by Crippen LogP contribution is -2.53. The Morgan fingerprint density at radius 1 is 1.07 bits per heavy atom. The third kappa shape index (κ3) is 9.07. The van der Waals surface area contributed by atoms with Gasteiger partial charge in [-0.1, -0.05) is 0 Å². The van der Waals surface area contributed by atoms with Gasteiger partial charge < -0.3 is 30.9 Å². The van der Waals surface area contributed by atoms with Crippen LogP contribution in [0.25, 0.3) is 0 Å². The minimum atomic E-state index is -4.97. The summed E-state index contributed by atoms with van der Waals surface area (Å²) in [6, 6.07) is 3.63. The van der Waals surface area contributed by atoms with Gasteiger partial charge in [-0.05, 0) is 89.5 Å². The van der Waals surface area contributed by atoms with E-state index in [2.05, 4.69) is 16.0 Å². The highest BCUT2D eigenvalue weighted by atomic mass is 19.4. The second-order valence-electron chi connectivity index (χ2n) is 12.0. The summed E-state index contributed by atoms with van der Waals surface area (Å²) in [5.41, 5.74) is 0.845. The average molecular weight is 612 g/mol. The molecule has 0 radical (unpaired) electrons. The van der Waals surface area contributed by atoms with Crippen LogP contribution in [0.2, 0.25) is 0 Å². The van der Waals surface area contributed by atoms with Crippen LogP contribution >= 0.6 is 0 Å². The zero-order valence-corrected chi connectivity index (χ0v) is 25.0. The van der Waals surface area contributed by atoms with Crippen molar-refractivity contribution in [2.45, 2.75) is 89.7 Å². The molecule has 2 aliphatic rings. The first-order valence-electron chi connectivity index (χ1n) is 14.3. The maximum Gasteiger partial charge on any atom is 0.471 e. The molecule has 1 saturated heterocycles. The molecule has 0 spiro atoms. The van der Waals surface area contributed by atoms with Crippen LogP contribution in [0.1, 0.15) is 79.2 Å². The van der Waals surface area contributed by atoms with Crippen molar-refractivity contribution in [1.82, 2.24) is 26.2 Å². The second-order valence-corrected chi connectivity index (χ2v) is 12.0. The van der Waals surface area contributed by atoms with E-state index >= 15 is 0 Å². The normalized spacial score (nSPS) is 20.3. The summed E-state index contributed by atoms with van der Waals surface area (Å²) in [6.45, 7) is 6.99. The number of ether oxygens (including phenoxy) is 1. The molecule has 43 heavy (non-hydrogen) atoms. The maximum absolute atomic E-state index is 13.3. The number of carbonyl (C=O) groups is 5. The summed E-state index contributed by atoms with van der Waals surface area (Å²) in [7, 11) is 1.54. The van der Waals surface area contributed by atoms with Gasteiger partial charge in [0, 0.05) is 43.3 Å². The van der Waals surface area contributed by atoms with Crippen LogP contribution in [0.5, 0.6) is 0 Å². The van der Waals surface area contributed by atoms with Gasteiger partial charge >= 0.3 is 18.2 Å². The number of fused-ring (bicyclic) bond motifs is 2. The van der Waals surface area contributed by atoms with E-state index in [4.69, 9.17) is 4.74 Å². The van der Waals surface area contributed by atoms with Crippen LogP contribution in [-0.2, 0) is 14.3 Å². The lowest BCUT2D eigenvalue weighted by Gasteiger charge is -2.33. The number of carbonyl (C=O) groups excluding carboxylic acids is 5. The number of alkyl carbamates (subject to hydrolysis) is 1. The van der Waals surface area contributed by atoms with Crippen molar-refractivity contribution in [2.24, 2.45) is 5.92 Å². The third-order valence-corrected chi connectivity index (χ3v) is 7.55. The van der Waals surface area contributed by atoms with Crippen molar-refractivity contribution < 1.29 is 41.9 Å². The lowest BCUT2D eigenvalue weighted by atomic mass is 10.00. The first-order valence-corrected chi connectivity index (χ1v) is 14.3. The fourth-order valence-corrected chi connectivity index (χ4v) is 5.51. The Morgan fingerprint density at radius 3 is 2.33 bits per heavy atom. The Kier molecular flexibility index (Phi) is 10.7. The molecule has 4 atom stereocenters. The van der Waals surface area contributed by atoms with Crippen molar-refractivity contribution in [2.75, 3.05) is 20.1 Å². The SMILES string of the molecule is CNC(=O)c1ccc(C(=O)N2CC3CC2CC3NC(=O)[C@H](CCCCNC(=O)C(F)(F)F)NC(=O)OC(C)(C)C)cc1C. The van der Waals surface area contributed by atoms with Crippen LogP contribution in [0, 0.1) is 12.8 Å². The quantitative estimate of drug-likeness (QED) is 0.300. The number of halogens is 3. The Hall–Kier alpha value is -3.84. The highest BCUT2D eigenvalue weighted by molar-refractivity contribution is 5.99. The highest BCUT2D eigenvalue weighted by Gasteiger charge is 2.47. The van der Waals surface area contributed by atoms with E-state index in [-0.39, 0.29) is 55.6 Å². The van der Waals surface area contributed by atoms with Crippen molar-refractivity contribution in [1.29, 1.82) is 0 Å². The fourth-order valence-electron chi connectivity index (χ4n) is 5.51. The van der Waals surface area contributed by atoms with Gasteiger partial charge in [0.05, 0.1) is 0 Å². The Labute approximate surface area is 248 Å². The first kappa shape index (κ1) is 33.7. The predicted octanol–water partition coefficient (Wildman–Crippen LogP) is 2.82. The van der Waals surface area contributed by atoms with Crippen molar-refractivity contribution in [3.8, 4) is 0 Å². The van der Waals surface area contributed by atoms with E-state index in [9.17, 15) is 37.1 Å². The molecule has 1 aromatic carbocycles. The molecule has 1 aliphatic carbocycles. The summed E-state index contributed by atoms with van der Waals surface area (Å²) in [5, 5.41) is 9.89. The van der Waals surface area contributed by atoms with Crippen LogP contribution in [0.3, 0.4) is 0 Å². The molecular formula is C29H40F3N5O6. The lowest BCUT2D eigenvalue weighted by molar-refractivity contribution is -0.173. The minimum Gasteiger partial charge on any atom is -0.444 e. The number of nitrogens with one attached hydrogen (secondary N) is 4. The van der Waals surface area contributed by atoms with E-state index in [1.54, 1.807) is 56.1 Å². The molecule has 14 heteroatoms. The molecule has 0 aromatic heterocycles. The van der Waals surface area contributed by atoms with Gasteiger partial charge in [-0.15, -0.1) is 0 Å². The molecule has 238 valence electrons. The van der Waals surface area contributed by atoms with Gasteiger partial charge in [0.2, 0.25) is 5.91 Å². The molecule has 1 saturated carbocycles. The zero-order valence-electron chi connectivity index (χ0n) is 25.0. The van der Waals surface area contributed by atoms with Crippen molar-refractivity contribution in [3.05, 3.63) is 34.9 Å². The standard InChI is InChI=1S/C29H40F3N5O6/c1-16-12-17(9-10-20(16)23(38)33-5)25(40)37-15-18-13-19(37)14-22(18)35-24(39)21(36-27(42)43-28(2,3)4)8-6-7-11-34-26(41)29(30,31)32/h9-10,12,18-19,21-22H,6-8,11,13-15H2,1-5H3,(H,33,38)(H,34,41)(H,35,39)(H,36,42)/t18?,19?,21-,22?/m0/s1. The number of likely N-dealkylation sites (tertiary alicyclic amines) is 1. The van der Waals surface area contributed by atoms with Gasteiger partial charge in [-0.3, -0.25) is 19.2 Å². The van der Waals surface area contributed by atoms with Crippen molar-refractivity contribution in [3.63, 3.8) is 0 Å². The van der Waals surface area contributed by atoms with Gasteiger partial charge in [0.25, 0.3) is 11.8 Å². The Balaban J connectivity index is 1.58. The van der Waals surface area contributed by atoms with Crippen LogP contribution < -0.4 is 21.3 Å². The number of piperidine rings is 1. The van der Waals surface area contributed by atoms with E-state index in [1.807, 2.05) is 0 Å². The minimum absolute atomic E-state index is 0.00361. The first-order chi connectivity index (χ1) is 20.0. The highest BCUT2D eigenvalue weighted by Crippen LogP contribution is 2.39. The zero-order chi connectivity index (χ0) is 32.1. The van der Waals surface area contributed by atoms with E-state index in [0.29, 0.717) is 36.1 Å². The van der Waals surface area contributed by atoms with Crippen LogP contribution in [-0.4, -0.2) is 84.7 Å². The van der Waals surface area contributed by atoms with Crippen LogP contribution in [0.4, 0.5) is 18.0 Å². The molecule has 2 bridgehead atoms. The number of unbranched alkanes of at least 4 members (excludes halogenated alkanes) is 1. The number of amides is 5. The summed E-state index contributed by atoms with van der Waals surface area (Å²) in [5.74, 6) is -2.87. The molecule has 1 aliphatic heterocycles. The number of benzene rings is 1. The molecular weight excluding hydrogens is 571 g/mol. The third-order valence-electron chi connectivity index (χ3n) is 7.55. The molecule has 1 aromatic rings. The monoisotopic (exact) mass is 611 g/mol. The summed E-state index contributed by atoms with van der Waals surface area (Å²) in [4.78, 5) is 63.7. The number of nitrogens with zero attached hydrogens (tertiary/aromatic N) is 1. The Bertz CT molecular complexity index is 1230. The van der Waals surface area contributed by atoms with E-state index in [1.165, 1.54) is 7.05 Å². The Morgan fingerprint density at radius 2 is 1.77 bits per heavy atom. The number of hydrogen-bond acceptors (Lipinski definition) is 6. The number of hydrogen-bond donors (Lipinski definition) is 4. The van der Waals surface area contributed by atoms with Gasteiger partial charge in [-0.25, -0.2) is 4.79 Å². The molecule has 3 rings (SSSR count). The topological polar surface area (TPSA) is 146 Å². The number of alkyl halides is 3. The average Bonchev–Trinajstić information content (AvgIpc) is 3.50. The predicted molar refractivity (Wildman–Crippen MR) is 150 cm³/mol. The van der Waals surface area contributed by atoms with E-state index < -0.39 is 35.7 Å². The smallest absolute Gasteiger partial charge is 0.444 e. The summed E-state index contributed by atoms with van der Waals surface area (Å²) >= 11 is 0. The number of aryl methyl sites for hydroxylation is 1. The maximum atomic E-state index is 13.3. The number of rotatable bonds is 10. The molecule has 2 fully saturated rings. The second kappa shape index (κ2) is 13.6. The molecule has 11 nitrogen and oxygen atoms in total. The largest absolute Gasteiger partial charge is 0.471 e. The van der Waals surface area contributed by atoms with Crippen molar-refractivity contribution >= 4 is 29.7 Å².